The van der Waals surface area contributed by atoms with E-state index in [0.29, 0.717) is 0 Å². The zero-order valence-corrected chi connectivity index (χ0v) is 12.9. The highest BCUT2D eigenvalue weighted by Gasteiger charge is 2.41. The van der Waals surface area contributed by atoms with Gasteiger partial charge < -0.3 is 19.8 Å². The zero-order valence-electron chi connectivity index (χ0n) is 12.9. The predicted molar refractivity (Wildman–Crippen MR) is 79.8 cm³/mol. The topological polar surface area (TPSA) is 87.1 Å². The van der Waals surface area contributed by atoms with Gasteiger partial charge in [0, 0.05) is 19.0 Å². The molecule has 1 aromatic rings. The van der Waals surface area contributed by atoms with Crippen molar-refractivity contribution in [2.45, 2.75) is 32.3 Å². The monoisotopic (exact) mass is 307 g/mol. The molecule has 1 heterocycles. The number of aliphatic carboxylic acids is 1. The number of carboxylic acids is 1. The van der Waals surface area contributed by atoms with Crippen LogP contribution in [0.25, 0.3) is 0 Å². The highest BCUT2D eigenvalue weighted by atomic mass is 16.6. The van der Waals surface area contributed by atoms with Crippen LogP contribution in [0.4, 0.5) is 4.79 Å². The molecule has 2 atom stereocenters. The number of carbonyl (C=O) groups excluding carboxylic acids is 1. The summed E-state index contributed by atoms with van der Waals surface area (Å²) in [6.45, 7) is 5.72. The highest BCUT2D eigenvalue weighted by Crippen LogP contribution is 2.34. The van der Waals surface area contributed by atoms with Crippen LogP contribution in [0.3, 0.4) is 0 Å². The van der Waals surface area contributed by atoms with Crippen molar-refractivity contribution in [1.29, 1.82) is 0 Å². The average molecular weight is 307 g/mol. The van der Waals surface area contributed by atoms with E-state index in [2.05, 4.69) is 0 Å². The predicted octanol–water partition coefficient (Wildman–Crippen LogP) is 2.43. The lowest BCUT2D eigenvalue weighted by Gasteiger charge is -2.24. The molecule has 6 nitrogen and oxygen atoms in total. The number of phenolic OH excluding ortho intramolecular Hbond substituents is 1. The minimum atomic E-state index is -0.941. The van der Waals surface area contributed by atoms with Gasteiger partial charge in [-0.25, -0.2) is 4.79 Å². The number of carbonyl (C=O) groups is 2. The lowest BCUT2D eigenvalue weighted by molar-refractivity contribution is -0.141. The van der Waals surface area contributed by atoms with Gasteiger partial charge in [-0.05, 0) is 38.5 Å². The molecule has 22 heavy (non-hydrogen) atoms. The molecule has 2 rings (SSSR count). The second-order valence-electron chi connectivity index (χ2n) is 6.53. The van der Waals surface area contributed by atoms with Gasteiger partial charge >= 0.3 is 12.1 Å². The Kier molecular flexibility index (Phi) is 4.30. The number of benzene rings is 1. The third-order valence-electron chi connectivity index (χ3n) is 3.61. The molecule has 1 saturated heterocycles. The molecular weight excluding hydrogens is 286 g/mol. The molecule has 1 fully saturated rings. The number of carboxylic acid groups (broad SMARTS) is 1. The fourth-order valence-electron chi connectivity index (χ4n) is 2.59. The Morgan fingerprint density at radius 1 is 1.18 bits per heavy atom. The lowest BCUT2D eigenvalue weighted by atomic mass is 9.89. The van der Waals surface area contributed by atoms with E-state index in [0.717, 1.165) is 5.56 Å². The van der Waals surface area contributed by atoms with Gasteiger partial charge in [0.15, 0.2) is 0 Å². The van der Waals surface area contributed by atoms with Gasteiger partial charge in [-0.2, -0.15) is 0 Å². The molecule has 1 aromatic carbocycles. The van der Waals surface area contributed by atoms with Crippen LogP contribution in [0.2, 0.25) is 0 Å². The van der Waals surface area contributed by atoms with E-state index in [4.69, 9.17) is 4.74 Å². The first-order valence-corrected chi connectivity index (χ1v) is 7.17. The van der Waals surface area contributed by atoms with Crippen LogP contribution in [-0.2, 0) is 9.53 Å². The van der Waals surface area contributed by atoms with E-state index < -0.39 is 23.6 Å². The SMILES string of the molecule is CC(C)(C)OC(=O)N1C[C@@H](C(=O)O)[C@H](c2ccc(O)cc2)C1. The summed E-state index contributed by atoms with van der Waals surface area (Å²) in [5.74, 6) is -1.82. The van der Waals surface area contributed by atoms with Crippen molar-refractivity contribution < 1.29 is 24.5 Å². The number of hydrogen-bond acceptors (Lipinski definition) is 4. The highest BCUT2D eigenvalue weighted by molar-refractivity contribution is 5.76. The van der Waals surface area contributed by atoms with Gasteiger partial charge in [-0.1, -0.05) is 12.1 Å². The molecule has 0 aliphatic carbocycles. The first kappa shape index (κ1) is 16.1. The summed E-state index contributed by atoms with van der Waals surface area (Å²) in [7, 11) is 0. The van der Waals surface area contributed by atoms with E-state index in [1.165, 1.54) is 17.0 Å². The van der Waals surface area contributed by atoms with Gasteiger partial charge in [-0.15, -0.1) is 0 Å². The van der Waals surface area contributed by atoms with Crippen LogP contribution >= 0.6 is 0 Å². The van der Waals surface area contributed by atoms with Crippen LogP contribution in [0.15, 0.2) is 24.3 Å². The Bertz CT molecular complexity index is 561. The summed E-state index contributed by atoms with van der Waals surface area (Å²) < 4.78 is 5.31. The molecule has 120 valence electrons. The summed E-state index contributed by atoms with van der Waals surface area (Å²) in [6.07, 6.45) is -0.500. The fraction of sp³-hybridized carbons (Fsp3) is 0.500. The molecule has 0 saturated carbocycles. The maximum atomic E-state index is 12.1. The number of ether oxygens (including phenoxy) is 1. The summed E-state index contributed by atoms with van der Waals surface area (Å²) in [5, 5.41) is 18.7. The molecule has 0 aromatic heterocycles. The largest absolute Gasteiger partial charge is 0.508 e. The van der Waals surface area contributed by atoms with E-state index in [1.807, 2.05) is 0 Å². The maximum absolute atomic E-state index is 12.1. The Balaban J connectivity index is 2.18. The standard InChI is InChI=1S/C16H21NO5/c1-16(2,3)22-15(21)17-8-12(13(9-17)14(19)20)10-4-6-11(18)7-5-10/h4-7,12-13,18H,8-9H2,1-3H3,(H,19,20)/t12-,13+/m0/s1. The smallest absolute Gasteiger partial charge is 0.410 e. The van der Waals surface area contributed by atoms with Gasteiger partial charge in [0.1, 0.15) is 11.4 Å². The first-order valence-electron chi connectivity index (χ1n) is 7.17. The number of nitrogens with zero attached hydrogens (tertiary/aromatic N) is 1. The number of amides is 1. The van der Waals surface area contributed by atoms with Crippen molar-refractivity contribution in [3.8, 4) is 5.75 Å². The summed E-state index contributed by atoms with van der Waals surface area (Å²) in [6, 6.07) is 6.41. The molecule has 0 bridgehead atoms. The van der Waals surface area contributed by atoms with E-state index in [9.17, 15) is 19.8 Å². The number of rotatable bonds is 2. The van der Waals surface area contributed by atoms with Gasteiger partial charge in [0.25, 0.3) is 0 Å². The Hall–Kier alpha value is -2.24. The van der Waals surface area contributed by atoms with E-state index in [-0.39, 0.29) is 24.8 Å². The van der Waals surface area contributed by atoms with Crippen molar-refractivity contribution in [1.82, 2.24) is 4.90 Å². The van der Waals surface area contributed by atoms with Crippen LogP contribution in [0, 0.1) is 5.92 Å². The van der Waals surface area contributed by atoms with Crippen molar-refractivity contribution >= 4 is 12.1 Å². The quantitative estimate of drug-likeness (QED) is 0.876. The Labute approximate surface area is 129 Å². The number of phenols is 1. The number of aromatic hydroxyl groups is 1. The third kappa shape index (κ3) is 3.69. The third-order valence-corrected chi connectivity index (χ3v) is 3.61. The molecule has 1 amide bonds. The molecule has 1 aliphatic heterocycles. The van der Waals surface area contributed by atoms with Crippen molar-refractivity contribution in [3.05, 3.63) is 29.8 Å². The number of likely N-dealkylation sites (tertiary alicyclic amines) is 1. The van der Waals surface area contributed by atoms with Crippen LogP contribution in [-0.4, -0.2) is 45.9 Å². The molecule has 1 aliphatic rings. The van der Waals surface area contributed by atoms with E-state index in [1.54, 1.807) is 32.9 Å². The van der Waals surface area contributed by atoms with Crippen molar-refractivity contribution in [3.63, 3.8) is 0 Å². The van der Waals surface area contributed by atoms with Crippen LogP contribution in [0.1, 0.15) is 32.3 Å². The van der Waals surface area contributed by atoms with Gasteiger partial charge in [0.2, 0.25) is 0 Å². The average Bonchev–Trinajstić information content (AvgIpc) is 2.83. The van der Waals surface area contributed by atoms with Crippen LogP contribution in [0.5, 0.6) is 5.75 Å². The van der Waals surface area contributed by atoms with E-state index >= 15 is 0 Å². The molecule has 0 unspecified atom stereocenters. The summed E-state index contributed by atoms with van der Waals surface area (Å²) >= 11 is 0. The minimum Gasteiger partial charge on any atom is -0.508 e. The Morgan fingerprint density at radius 2 is 1.77 bits per heavy atom. The zero-order chi connectivity index (χ0) is 16.5. The summed E-state index contributed by atoms with van der Waals surface area (Å²) in [4.78, 5) is 25.0. The minimum absolute atomic E-state index is 0.121. The normalized spacial score (nSPS) is 21.7. The molecule has 0 spiro atoms. The lowest BCUT2D eigenvalue weighted by Crippen LogP contribution is -2.35. The second-order valence-corrected chi connectivity index (χ2v) is 6.53. The number of hydrogen-bond donors (Lipinski definition) is 2. The van der Waals surface area contributed by atoms with Crippen molar-refractivity contribution in [2.75, 3.05) is 13.1 Å². The summed E-state index contributed by atoms with van der Waals surface area (Å²) in [5.41, 5.74) is 0.170. The fourth-order valence-corrected chi connectivity index (χ4v) is 2.59. The molecule has 0 radical (unpaired) electrons. The molecular formula is C16H21NO5. The van der Waals surface area contributed by atoms with Gasteiger partial charge in [-0.3, -0.25) is 4.79 Å². The van der Waals surface area contributed by atoms with Gasteiger partial charge in [0.05, 0.1) is 5.92 Å². The van der Waals surface area contributed by atoms with Crippen LogP contribution < -0.4 is 0 Å². The second kappa shape index (κ2) is 5.87. The Morgan fingerprint density at radius 3 is 2.27 bits per heavy atom. The molecule has 6 heteroatoms. The molecule has 2 N–H and O–H groups in total. The first-order chi connectivity index (χ1) is 10.2. The van der Waals surface area contributed by atoms with Crippen molar-refractivity contribution in [2.24, 2.45) is 5.92 Å². The maximum Gasteiger partial charge on any atom is 0.410 e.